The molecule has 0 saturated carbocycles. The number of hydrogen-bond donors (Lipinski definition) is 0. The maximum absolute atomic E-state index is 11.8. The number of carbonyl (C=O) groups is 1. The van der Waals surface area contributed by atoms with Crippen LogP contribution in [0.25, 0.3) is 0 Å². The van der Waals surface area contributed by atoms with Crippen molar-refractivity contribution in [1.82, 2.24) is 4.90 Å². The molecular formula is C17H24N4O5. The Morgan fingerprint density at radius 1 is 1.38 bits per heavy atom. The summed E-state index contributed by atoms with van der Waals surface area (Å²) in [4.78, 5) is 31.4. The molecule has 1 saturated heterocycles. The van der Waals surface area contributed by atoms with Gasteiger partial charge in [0.25, 0.3) is 11.6 Å². The summed E-state index contributed by atoms with van der Waals surface area (Å²) in [5.41, 5.74) is 1.10. The first-order valence-corrected chi connectivity index (χ1v) is 8.61. The van der Waals surface area contributed by atoms with Crippen LogP contribution in [0.1, 0.15) is 19.4 Å². The number of morpholine rings is 1. The van der Waals surface area contributed by atoms with Gasteiger partial charge in [-0.1, -0.05) is 11.2 Å². The van der Waals surface area contributed by atoms with Crippen molar-refractivity contribution >= 4 is 23.5 Å². The summed E-state index contributed by atoms with van der Waals surface area (Å²) in [6, 6.07) is 4.88. The van der Waals surface area contributed by atoms with E-state index in [2.05, 4.69) is 5.16 Å². The monoisotopic (exact) mass is 364 g/mol. The van der Waals surface area contributed by atoms with E-state index in [0.717, 1.165) is 0 Å². The first-order chi connectivity index (χ1) is 12.6. The summed E-state index contributed by atoms with van der Waals surface area (Å²) in [6.45, 7) is 7.17. The number of oxime groups is 1. The van der Waals surface area contributed by atoms with E-state index in [0.29, 0.717) is 50.6 Å². The number of amides is 1. The Morgan fingerprint density at radius 2 is 2.08 bits per heavy atom. The lowest BCUT2D eigenvalue weighted by Gasteiger charge is -2.28. The van der Waals surface area contributed by atoms with Crippen LogP contribution in [-0.4, -0.2) is 67.9 Å². The Kier molecular flexibility index (Phi) is 7.34. The van der Waals surface area contributed by atoms with Crippen molar-refractivity contribution < 1.29 is 19.3 Å². The van der Waals surface area contributed by atoms with Crippen LogP contribution >= 0.6 is 0 Å². The fourth-order valence-electron chi connectivity index (χ4n) is 2.70. The zero-order valence-electron chi connectivity index (χ0n) is 15.1. The SMILES string of the molecule is CCN(CC)C(=O)CO/N=C\c1ccc(N2CCOCC2)c([N+](=O)[O-])c1. The molecule has 26 heavy (non-hydrogen) atoms. The average molecular weight is 364 g/mol. The number of rotatable bonds is 8. The molecule has 1 aliphatic rings. The van der Waals surface area contributed by atoms with Gasteiger partial charge in [-0.3, -0.25) is 14.9 Å². The second kappa shape index (κ2) is 9.71. The molecule has 1 aliphatic heterocycles. The highest BCUT2D eigenvalue weighted by atomic mass is 16.6. The second-order valence-electron chi connectivity index (χ2n) is 5.68. The summed E-state index contributed by atoms with van der Waals surface area (Å²) in [5, 5.41) is 15.1. The van der Waals surface area contributed by atoms with Gasteiger partial charge in [0.1, 0.15) is 5.69 Å². The third kappa shape index (κ3) is 5.16. The lowest BCUT2D eigenvalue weighted by atomic mass is 10.1. The van der Waals surface area contributed by atoms with Gasteiger partial charge in [0, 0.05) is 37.8 Å². The van der Waals surface area contributed by atoms with Gasteiger partial charge in [-0.15, -0.1) is 0 Å². The van der Waals surface area contributed by atoms with E-state index in [1.807, 2.05) is 18.7 Å². The predicted octanol–water partition coefficient (Wildman–Crippen LogP) is 1.65. The highest BCUT2D eigenvalue weighted by molar-refractivity contribution is 5.83. The molecule has 0 unspecified atom stereocenters. The van der Waals surface area contributed by atoms with Crippen LogP contribution in [0.5, 0.6) is 0 Å². The summed E-state index contributed by atoms with van der Waals surface area (Å²) >= 11 is 0. The van der Waals surface area contributed by atoms with Crippen molar-refractivity contribution in [1.29, 1.82) is 0 Å². The quantitative estimate of drug-likeness (QED) is 0.395. The molecule has 142 valence electrons. The van der Waals surface area contributed by atoms with Crippen molar-refractivity contribution in [3.8, 4) is 0 Å². The molecule has 1 aromatic rings. The molecule has 0 spiro atoms. The number of benzene rings is 1. The molecule has 1 heterocycles. The number of carbonyl (C=O) groups excluding carboxylic acids is 1. The summed E-state index contributed by atoms with van der Waals surface area (Å²) in [7, 11) is 0. The predicted molar refractivity (Wildman–Crippen MR) is 97.6 cm³/mol. The number of hydrogen-bond acceptors (Lipinski definition) is 7. The standard InChI is InChI=1S/C17H24N4O5/c1-3-19(4-2)17(22)13-26-18-12-14-5-6-15(16(11-14)21(23)24)20-7-9-25-10-8-20/h5-6,11-12H,3-4,7-10,13H2,1-2H3/b18-12-. The Morgan fingerprint density at radius 3 is 2.69 bits per heavy atom. The lowest BCUT2D eigenvalue weighted by molar-refractivity contribution is -0.384. The number of nitro groups is 1. The zero-order chi connectivity index (χ0) is 18.9. The fourth-order valence-corrected chi connectivity index (χ4v) is 2.70. The van der Waals surface area contributed by atoms with Gasteiger partial charge in [0.2, 0.25) is 0 Å². The van der Waals surface area contributed by atoms with E-state index >= 15 is 0 Å². The van der Waals surface area contributed by atoms with E-state index in [1.54, 1.807) is 17.0 Å². The van der Waals surface area contributed by atoms with Crippen LogP contribution in [0.3, 0.4) is 0 Å². The van der Waals surface area contributed by atoms with E-state index < -0.39 is 4.92 Å². The molecule has 0 atom stereocenters. The molecule has 0 aromatic heterocycles. The molecule has 0 N–H and O–H groups in total. The molecule has 1 aromatic carbocycles. The largest absolute Gasteiger partial charge is 0.386 e. The van der Waals surface area contributed by atoms with Crippen LogP contribution in [0.2, 0.25) is 0 Å². The number of nitrogens with zero attached hydrogens (tertiary/aromatic N) is 4. The topological polar surface area (TPSA) is 97.5 Å². The second-order valence-corrected chi connectivity index (χ2v) is 5.68. The third-order valence-electron chi connectivity index (χ3n) is 4.13. The average Bonchev–Trinajstić information content (AvgIpc) is 2.66. The zero-order valence-corrected chi connectivity index (χ0v) is 15.1. The van der Waals surface area contributed by atoms with Crippen molar-refractivity contribution in [2.75, 3.05) is 50.9 Å². The first-order valence-electron chi connectivity index (χ1n) is 8.61. The molecule has 0 radical (unpaired) electrons. The number of anilines is 1. The molecular weight excluding hydrogens is 340 g/mol. The number of likely N-dealkylation sites (N-methyl/N-ethyl adjacent to an activating group) is 1. The van der Waals surface area contributed by atoms with Gasteiger partial charge in [0.05, 0.1) is 24.4 Å². The number of nitro benzene ring substituents is 1. The summed E-state index contributed by atoms with van der Waals surface area (Å²) < 4.78 is 5.28. The Bertz CT molecular complexity index is 655. The van der Waals surface area contributed by atoms with E-state index in [1.165, 1.54) is 12.3 Å². The molecule has 2 rings (SSSR count). The maximum atomic E-state index is 11.8. The van der Waals surface area contributed by atoms with Crippen molar-refractivity contribution in [2.24, 2.45) is 5.16 Å². The number of ether oxygens (including phenoxy) is 1. The van der Waals surface area contributed by atoms with Crippen molar-refractivity contribution in [3.63, 3.8) is 0 Å². The minimum Gasteiger partial charge on any atom is -0.386 e. The first kappa shape index (κ1) is 19.6. The van der Waals surface area contributed by atoms with Gasteiger partial charge >= 0.3 is 0 Å². The van der Waals surface area contributed by atoms with E-state index in [4.69, 9.17) is 9.57 Å². The fraction of sp³-hybridized carbons (Fsp3) is 0.529. The molecule has 0 aliphatic carbocycles. The Hall–Kier alpha value is -2.68. The normalized spacial score (nSPS) is 14.5. The van der Waals surface area contributed by atoms with Gasteiger partial charge in [-0.2, -0.15) is 0 Å². The van der Waals surface area contributed by atoms with Crippen LogP contribution in [0.4, 0.5) is 11.4 Å². The third-order valence-corrected chi connectivity index (χ3v) is 4.13. The highest BCUT2D eigenvalue weighted by Gasteiger charge is 2.21. The molecule has 9 heteroatoms. The van der Waals surface area contributed by atoms with Crippen molar-refractivity contribution in [2.45, 2.75) is 13.8 Å². The summed E-state index contributed by atoms with van der Waals surface area (Å²) in [5.74, 6) is -0.152. The Labute approximate surface area is 152 Å². The van der Waals surface area contributed by atoms with Gasteiger partial charge in [0.15, 0.2) is 6.61 Å². The van der Waals surface area contributed by atoms with Crippen LogP contribution in [-0.2, 0) is 14.4 Å². The van der Waals surface area contributed by atoms with Crippen LogP contribution in [0, 0.1) is 10.1 Å². The van der Waals surface area contributed by atoms with Gasteiger partial charge in [-0.05, 0) is 19.9 Å². The van der Waals surface area contributed by atoms with Crippen LogP contribution < -0.4 is 4.90 Å². The maximum Gasteiger partial charge on any atom is 0.293 e. The minimum absolute atomic E-state index is 0.00932. The van der Waals surface area contributed by atoms with E-state index in [9.17, 15) is 14.9 Å². The highest BCUT2D eigenvalue weighted by Crippen LogP contribution is 2.29. The molecule has 0 bridgehead atoms. The molecule has 9 nitrogen and oxygen atoms in total. The van der Waals surface area contributed by atoms with Crippen molar-refractivity contribution in [3.05, 3.63) is 33.9 Å². The molecule has 1 fully saturated rings. The summed E-state index contributed by atoms with van der Waals surface area (Å²) in [6.07, 6.45) is 1.37. The van der Waals surface area contributed by atoms with Crippen LogP contribution in [0.15, 0.2) is 23.4 Å². The minimum atomic E-state index is -0.410. The lowest BCUT2D eigenvalue weighted by Crippen LogP contribution is -2.36. The van der Waals surface area contributed by atoms with E-state index in [-0.39, 0.29) is 18.2 Å². The van der Waals surface area contributed by atoms with Gasteiger partial charge in [-0.25, -0.2) is 0 Å². The molecule has 1 amide bonds. The van der Waals surface area contributed by atoms with Gasteiger partial charge < -0.3 is 19.4 Å². The smallest absolute Gasteiger partial charge is 0.293 e. The Balaban J connectivity index is 2.02.